The Balaban J connectivity index is 1.94. The fourth-order valence-corrected chi connectivity index (χ4v) is 2.62. The summed E-state index contributed by atoms with van der Waals surface area (Å²) in [6.07, 6.45) is 1.15. The lowest BCUT2D eigenvalue weighted by Gasteiger charge is -2.23. The van der Waals surface area contributed by atoms with E-state index in [2.05, 4.69) is 34.5 Å². The zero-order valence-corrected chi connectivity index (χ0v) is 11.2. The second-order valence-corrected chi connectivity index (χ2v) is 4.96. The zero-order valence-electron chi connectivity index (χ0n) is 11.2. The van der Waals surface area contributed by atoms with Crippen molar-refractivity contribution >= 4 is 5.91 Å². The highest BCUT2D eigenvalue weighted by Gasteiger charge is 2.29. The molecule has 1 fully saturated rings. The number of likely N-dealkylation sites (N-methyl/N-ethyl adjacent to an activating group) is 1. The molecule has 1 amide bonds. The van der Waals surface area contributed by atoms with E-state index in [1.54, 1.807) is 0 Å². The first-order chi connectivity index (χ1) is 8.72. The molecule has 1 aromatic carbocycles. The lowest BCUT2D eigenvalue weighted by Crippen LogP contribution is -2.43. The molecule has 2 atom stereocenters. The molecule has 0 bridgehead atoms. The van der Waals surface area contributed by atoms with Crippen molar-refractivity contribution in [3.63, 3.8) is 0 Å². The van der Waals surface area contributed by atoms with E-state index >= 15 is 0 Å². The van der Waals surface area contributed by atoms with Gasteiger partial charge in [-0.05, 0) is 38.3 Å². The minimum atomic E-state index is -0.0151. The Kier molecular flexibility index (Phi) is 4.37. The van der Waals surface area contributed by atoms with Crippen LogP contribution in [0.2, 0.25) is 0 Å². The maximum absolute atomic E-state index is 11.8. The Hall–Kier alpha value is -1.35. The first-order valence-corrected chi connectivity index (χ1v) is 6.79. The van der Waals surface area contributed by atoms with Gasteiger partial charge in [0.25, 0.3) is 0 Å². The Bertz CT molecular complexity index is 391. The van der Waals surface area contributed by atoms with Gasteiger partial charge in [-0.2, -0.15) is 0 Å². The smallest absolute Gasteiger partial charge is 0.237 e. The molecule has 0 aliphatic carbocycles. The SMILES string of the molecule is CCNC(=O)C(C)N1CCC(c2ccccc2)C1. The lowest BCUT2D eigenvalue weighted by atomic mass is 9.99. The largest absolute Gasteiger partial charge is 0.355 e. The standard InChI is InChI=1S/C15H22N2O/c1-3-16-15(18)12(2)17-10-9-14(11-17)13-7-5-4-6-8-13/h4-8,12,14H,3,9-11H2,1-2H3,(H,16,18). The average molecular weight is 246 g/mol. The third-order valence-electron chi connectivity index (χ3n) is 3.77. The summed E-state index contributed by atoms with van der Waals surface area (Å²) in [5.41, 5.74) is 1.39. The molecule has 2 unspecified atom stereocenters. The van der Waals surface area contributed by atoms with Crippen LogP contribution in [-0.4, -0.2) is 36.5 Å². The van der Waals surface area contributed by atoms with E-state index in [4.69, 9.17) is 0 Å². The summed E-state index contributed by atoms with van der Waals surface area (Å²) in [6, 6.07) is 10.6. The van der Waals surface area contributed by atoms with Crippen LogP contribution >= 0.6 is 0 Å². The van der Waals surface area contributed by atoms with Crippen LogP contribution in [0.1, 0.15) is 31.7 Å². The molecule has 0 radical (unpaired) electrons. The number of carbonyl (C=O) groups is 1. The molecule has 1 heterocycles. The summed E-state index contributed by atoms with van der Waals surface area (Å²) in [7, 11) is 0. The normalized spacial score (nSPS) is 21.8. The van der Waals surface area contributed by atoms with Crippen molar-refractivity contribution < 1.29 is 4.79 Å². The van der Waals surface area contributed by atoms with Gasteiger partial charge in [0.05, 0.1) is 6.04 Å². The Morgan fingerprint density at radius 1 is 1.44 bits per heavy atom. The third-order valence-corrected chi connectivity index (χ3v) is 3.77. The van der Waals surface area contributed by atoms with Crippen LogP contribution in [0.3, 0.4) is 0 Å². The van der Waals surface area contributed by atoms with E-state index in [1.165, 1.54) is 5.56 Å². The predicted molar refractivity (Wildman–Crippen MR) is 73.5 cm³/mol. The molecular weight excluding hydrogens is 224 g/mol. The van der Waals surface area contributed by atoms with E-state index in [9.17, 15) is 4.79 Å². The van der Waals surface area contributed by atoms with Gasteiger partial charge in [-0.1, -0.05) is 30.3 Å². The van der Waals surface area contributed by atoms with Gasteiger partial charge in [-0.25, -0.2) is 0 Å². The number of carbonyl (C=O) groups excluding carboxylic acids is 1. The van der Waals surface area contributed by atoms with E-state index in [0.717, 1.165) is 19.5 Å². The quantitative estimate of drug-likeness (QED) is 0.881. The number of likely N-dealkylation sites (tertiary alicyclic amines) is 1. The monoisotopic (exact) mass is 246 g/mol. The third kappa shape index (κ3) is 2.91. The van der Waals surface area contributed by atoms with Gasteiger partial charge < -0.3 is 5.32 Å². The number of hydrogen-bond donors (Lipinski definition) is 1. The molecule has 1 saturated heterocycles. The van der Waals surface area contributed by atoms with Crippen LogP contribution in [-0.2, 0) is 4.79 Å². The zero-order chi connectivity index (χ0) is 13.0. The molecule has 2 rings (SSSR count). The first kappa shape index (κ1) is 13.1. The number of benzene rings is 1. The maximum Gasteiger partial charge on any atom is 0.237 e. The summed E-state index contributed by atoms with van der Waals surface area (Å²) in [4.78, 5) is 14.1. The highest BCUT2D eigenvalue weighted by molar-refractivity contribution is 5.81. The molecule has 1 aromatic rings. The topological polar surface area (TPSA) is 32.3 Å². The molecule has 0 saturated carbocycles. The lowest BCUT2D eigenvalue weighted by molar-refractivity contribution is -0.125. The molecule has 3 nitrogen and oxygen atoms in total. The Morgan fingerprint density at radius 2 is 2.17 bits per heavy atom. The maximum atomic E-state index is 11.8. The molecule has 18 heavy (non-hydrogen) atoms. The van der Waals surface area contributed by atoms with Crippen molar-refractivity contribution in [3.8, 4) is 0 Å². The van der Waals surface area contributed by atoms with Crippen molar-refractivity contribution in [1.29, 1.82) is 0 Å². The molecule has 1 aliphatic rings. The van der Waals surface area contributed by atoms with Crippen molar-refractivity contribution in [3.05, 3.63) is 35.9 Å². The molecule has 0 spiro atoms. The number of nitrogens with one attached hydrogen (secondary N) is 1. The second kappa shape index (κ2) is 6.01. The van der Waals surface area contributed by atoms with E-state index in [0.29, 0.717) is 12.5 Å². The number of amides is 1. The molecule has 1 aliphatic heterocycles. The van der Waals surface area contributed by atoms with Gasteiger partial charge in [0.1, 0.15) is 0 Å². The van der Waals surface area contributed by atoms with E-state index in [1.807, 2.05) is 19.9 Å². The molecule has 98 valence electrons. The van der Waals surface area contributed by atoms with Crippen LogP contribution in [0, 0.1) is 0 Å². The first-order valence-electron chi connectivity index (χ1n) is 6.79. The summed E-state index contributed by atoms with van der Waals surface area (Å²) < 4.78 is 0. The summed E-state index contributed by atoms with van der Waals surface area (Å²) in [5.74, 6) is 0.717. The van der Waals surface area contributed by atoms with Crippen molar-refractivity contribution in [2.75, 3.05) is 19.6 Å². The predicted octanol–water partition coefficient (Wildman–Crippen LogP) is 2.00. The van der Waals surface area contributed by atoms with Crippen LogP contribution in [0.15, 0.2) is 30.3 Å². The van der Waals surface area contributed by atoms with Crippen molar-refractivity contribution in [2.24, 2.45) is 0 Å². The summed E-state index contributed by atoms with van der Waals surface area (Å²) in [6.45, 7) is 6.67. The Morgan fingerprint density at radius 3 is 2.83 bits per heavy atom. The van der Waals surface area contributed by atoms with Gasteiger partial charge in [0.2, 0.25) is 5.91 Å². The van der Waals surface area contributed by atoms with Crippen LogP contribution in [0.5, 0.6) is 0 Å². The van der Waals surface area contributed by atoms with Crippen molar-refractivity contribution in [2.45, 2.75) is 32.2 Å². The average Bonchev–Trinajstić information content (AvgIpc) is 2.89. The van der Waals surface area contributed by atoms with Gasteiger partial charge in [-0.3, -0.25) is 9.69 Å². The highest BCUT2D eigenvalue weighted by Crippen LogP contribution is 2.28. The number of nitrogens with zero attached hydrogens (tertiary/aromatic N) is 1. The fourth-order valence-electron chi connectivity index (χ4n) is 2.62. The fraction of sp³-hybridized carbons (Fsp3) is 0.533. The second-order valence-electron chi connectivity index (χ2n) is 4.96. The van der Waals surface area contributed by atoms with Crippen LogP contribution < -0.4 is 5.32 Å². The minimum absolute atomic E-state index is 0.0151. The van der Waals surface area contributed by atoms with Crippen molar-refractivity contribution in [1.82, 2.24) is 10.2 Å². The van der Waals surface area contributed by atoms with Crippen LogP contribution in [0.25, 0.3) is 0 Å². The Labute approximate surface area is 109 Å². The molecule has 1 N–H and O–H groups in total. The highest BCUT2D eigenvalue weighted by atomic mass is 16.2. The summed E-state index contributed by atoms with van der Waals surface area (Å²) in [5, 5.41) is 2.90. The molecule has 3 heteroatoms. The number of rotatable bonds is 4. The van der Waals surface area contributed by atoms with Gasteiger partial charge >= 0.3 is 0 Å². The number of hydrogen-bond acceptors (Lipinski definition) is 2. The van der Waals surface area contributed by atoms with Gasteiger partial charge in [-0.15, -0.1) is 0 Å². The van der Waals surface area contributed by atoms with E-state index < -0.39 is 0 Å². The van der Waals surface area contributed by atoms with Gasteiger partial charge in [0.15, 0.2) is 0 Å². The summed E-state index contributed by atoms with van der Waals surface area (Å²) >= 11 is 0. The van der Waals surface area contributed by atoms with Crippen LogP contribution in [0.4, 0.5) is 0 Å². The minimum Gasteiger partial charge on any atom is -0.355 e. The molecular formula is C15H22N2O. The van der Waals surface area contributed by atoms with Gasteiger partial charge in [0, 0.05) is 13.1 Å². The van der Waals surface area contributed by atoms with E-state index in [-0.39, 0.29) is 11.9 Å². The molecule has 0 aromatic heterocycles.